The van der Waals surface area contributed by atoms with E-state index >= 15 is 0 Å². The van der Waals surface area contributed by atoms with E-state index in [2.05, 4.69) is 0 Å². The molecule has 1 aromatic carbocycles. The van der Waals surface area contributed by atoms with Crippen LogP contribution in [0.2, 0.25) is 5.02 Å². The van der Waals surface area contributed by atoms with Gasteiger partial charge in [0.1, 0.15) is 0 Å². The number of carbonyl (C=O) groups is 1. The van der Waals surface area contributed by atoms with Crippen molar-refractivity contribution in [3.05, 3.63) is 28.8 Å². The molecule has 1 fully saturated rings. The Morgan fingerprint density at radius 1 is 1.50 bits per heavy atom. The van der Waals surface area contributed by atoms with Gasteiger partial charge in [-0.1, -0.05) is 17.7 Å². The van der Waals surface area contributed by atoms with E-state index in [0.717, 1.165) is 4.31 Å². The number of hydrogen-bond acceptors (Lipinski definition) is 4. The third-order valence-electron chi connectivity index (χ3n) is 3.07. The zero-order chi connectivity index (χ0) is 14.9. The molecule has 0 spiro atoms. The molecule has 20 heavy (non-hydrogen) atoms. The average molecular weight is 320 g/mol. The number of halogens is 1. The molecule has 2 rings (SSSR count). The number of ether oxygens (including phenoxy) is 1. The summed E-state index contributed by atoms with van der Waals surface area (Å²) in [5.74, 6) is -1.17. The Balaban J connectivity index is 2.35. The fourth-order valence-corrected chi connectivity index (χ4v) is 3.90. The van der Waals surface area contributed by atoms with Crippen LogP contribution in [0.25, 0.3) is 0 Å². The van der Waals surface area contributed by atoms with Crippen LogP contribution in [0.5, 0.6) is 0 Å². The van der Waals surface area contributed by atoms with Crippen LogP contribution in [0.4, 0.5) is 0 Å². The highest BCUT2D eigenvalue weighted by Crippen LogP contribution is 2.25. The van der Waals surface area contributed by atoms with Crippen LogP contribution >= 0.6 is 11.6 Å². The summed E-state index contributed by atoms with van der Waals surface area (Å²) in [6.45, 7) is 1.63. The summed E-state index contributed by atoms with van der Waals surface area (Å²) in [4.78, 5) is 11.0. The normalized spacial score (nSPS) is 20.8. The van der Waals surface area contributed by atoms with Gasteiger partial charge in [-0.15, -0.1) is 0 Å². The van der Waals surface area contributed by atoms with E-state index in [1.807, 2.05) is 0 Å². The lowest BCUT2D eigenvalue weighted by Crippen LogP contribution is -2.48. The number of benzene rings is 1. The molecule has 0 aliphatic carbocycles. The first kappa shape index (κ1) is 15.2. The van der Waals surface area contributed by atoms with Crippen LogP contribution < -0.4 is 0 Å². The van der Waals surface area contributed by atoms with Gasteiger partial charge >= 0.3 is 5.97 Å². The summed E-state index contributed by atoms with van der Waals surface area (Å²) < 4.78 is 31.2. The third kappa shape index (κ3) is 2.95. The first-order valence-electron chi connectivity index (χ1n) is 5.93. The lowest BCUT2D eigenvalue weighted by molar-refractivity contribution is -0.153. The Morgan fingerprint density at radius 2 is 2.20 bits per heavy atom. The first-order chi connectivity index (χ1) is 9.32. The van der Waals surface area contributed by atoms with Crippen molar-refractivity contribution >= 4 is 27.6 Å². The van der Waals surface area contributed by atoms with Crippen molar-refractivity contribution in [2.75, 3.05) is 19.7 Å². The van der Waals surface area contributed by atoms with Gasteiger partial charge in [-0.05, 0) is 24.6 Å². The molecule has 0 radical (unpaired) electrons. The Bertz CT molecular complexity index is 631. The second-order valence-corrected chi connectivity index (χ2v) is 6.81. The van der Waals surface area contributed by atoms with Crippen molar-refractivity contribution in [2.24, 2.45) is 0 Å². The molecule has 1 atom stereocenters. The lowest BCUT2D eigenvalue weighted by Gasteiger charge is -2.30. The number of carboxylic acid groups (broad SMARTS) is 1. The molecule has 1 aromatic rings. The smallest absolute Gasteiger partial charge is 0.334 e. The number of aliphatic carboxylic acids is 1. The minimum Gasteiger partial charge on any atom is -0.479 e. The number of sulfonamides is 1. The summed E-state index contributed by atoms with van der Waals surface area (Å²) in [5.41, 5.74) is 0.563. The minimum atomic E-state index is -3.78. The Morgan fingerprint density at radius 3 is 2.85 bits per heavy atom. The van der Waals surface area contributed by atoms with Crippen molar-refractivity contribution in [3.63, 3.8) is 0 Å². The molecule has 0 aromatic heterocycles. The van der Waals surface area contributed by atoms with E-state index in [-0.39, 0.29) is 24.6 Å². The van der Waals surface area contributed by atoms with Crippen molar-refractivity contribution < 1.29 is 23.1 Å². The summed E-state index contributed by atoms with van der Waals surface area (Å²) >= 11 is 5.84. The largest absolute Gasteiger partial charge is 0.479 e. The van der Waals surface area contributed by atoms with Gasteiger partial charge in [0.2, 0.25) is 10.0 Å². The Labute approximate surface area is 122 Å². The maximum absolute atomic E-state index is 12.5. The number of hydrogen-bond donors (Lipinski definition) is 1. The van der Waals surface area contributed by atoms with Gasteiger partial charge in [0.25, 0.3) is 0 Å². The van der Waals surface area contributed by atoms with Crippen molar-refractivity contribution in [3.8, 4) is 0 Å². The second-order valence-electron chi connectivity index (χ2n) is 4.47. The maximum atomic E-state index is 12.5. The molecule has 1 aliphatic heterocycles. The summed E-state index contributed by atoms with van der Waals surface area (Å²) in [5, 5.41) is 9.24. The Hall–Kier alpha value is -1.15. The summed E-state index contributed by atoms with van der Waals surface area (Å²) in [6, 6.07) is 4.59. The number of nitrogens with zero attached hydrogens (tertiary/aromatic N) is 1. The molecular weight excluding hydrogens is 306 g/mol. The van der Waals surface area contributed by atoms with Crippen LogP contribution in [0, 0.1) is 6.92 Å². The van der Waals surface area contributed by atoms with Crippen molar-refractivity contribution in [2.45, 2.75) is 17.9 Å². The van der Waals surface area contributed by atoms with E-state index < -0.39 is 22.1 Å². The lowest BCUT2D eigenvalue weighted by atomic mass is 10.2. The highest BCUT2D eigenvalue weighted by Gasteiger charge is 2.34. The van der Waals surface area contributed by atoms with E-state index in [0.29, 0.717) is 10.6 Å². The Kier molecular flexibility index (Phi) is 4.33. The molecule has 0 amide bonds. The van der Waals surface area contributed by atoms with Crippen LogP contribution in [-0.2, 0) is 19.6 Å². The summed E-state index contributed by atoms with van der Waals surface area (Å²) in [7, 11) is -3.78. The van der Waals surface area contributed by atoms with Crippen LogP contribution in [-0.4, -0.2) is 49.6 Å². The second kappa shape index (κ2) is 5.69. The zero-order valence-electron chi connectivity index (χ0n) is 10.7. The monoisotopic (exact) mass is 319 g/mol. The third-order valence-corrected chi connectivity index (χ3v) is 5.31. The topological polar surface area (TPSA) is 83.9 Å². The van der Waals surface area contributed by atoms with Crippen LogP contribution in [0.3, 0.4) is 0 Å². The SMILES string of the molecule is Cc1ccc(Cl)cc1S(=O)(=O)N1CCOC(C(=O)O)C1. The van der Waals surface area contributed by atoms with Crippen LogP contribution in [0.15, 0.2) is 23.1 Å². The molecule has 0 saturated carbocycles. The number of morpholine rings is 1. The predicted octanol–water partition coefficient (Wildman–Crippen LogP) is 1.12. The van der Waals surface area contributed by atoms with Gasteiger partial charge in [-0.2, -0.15) is 4.31 Å². The van der Waals surface area contributed by atoms with Gasteiger partial charge in [-0.25, -0.2) is 13.2 Å². The highest BCUT2D eigenvalue weighted by molar-refractivity contribution is 7.89. The van der Waals surface area contributed by atoms with Gasteiger partial charge in [0, 0.05) is 11.6 Å². The van der Waals surface area contributed by atoms with Crippen LogP contribution in [0.1, 0.15) is 5.56 Å². The maximum Gasteiger partial charge on any atom is 0.334 e. The summed E-state index contributed by atoms with van der Waals surface area (Å²) in [6.07, 6.45) is -1.14. The molecule has 1 N–H and O–H groups in total. The number of aryl methyl sites for hydroxylation is 1. The molecule has 6 nitrogen and oxygen atoms in total. The molecule has 1 aliphatic rings. The van der Waals surface area contributed by atoms with E-state index in [9.17, 15) is 13.2 Å². The molecule has 1 heterocycles. The molecule has 1 saturated heterocycles. The van der Waals surface area contributed by atoms with E-state index in [4.69, 9.17) is 21.4 Å². The number of rotatable bonds is 3. The van der Waals surface area contributed by atoms with Gasteiger partial charge < -0.3 is 9.84 Å². The van der Waals surface area contributed by atoms with Crippen molar-refractivity contribution in [1.82, 2.24) is 4.31 Å². The zero-order valence-corrected chi connectivity index (χ0v) is 12.3. The molecular formula is C12H14ClNO5S. The molecule has 0 bridgehead atoms. The van der Waals surface area contributed by atoms with Gasteiger partial charge in [0.05, 0.1) is 18.0 Å². The quantitative estimate of drug-likeness (QED) is 0.902. The number of carboxylic acids is 1. The van der Waals surface area contributed by atoms with Crippen molar-refractivity contribution in [1.29, 1.82) is 0 Å². The van der Waals surface area contributed by atoms with E-state index in [1.54, 1.807) is 19.1 Å². The van der Waals surface area contributed by atoms with Gasteiger partial charge in [-0.3, -0.25) is 0 Å². The van der Waals surface area contributed by atoms with Gasteiger partial charge in [0.15, 0.2) is 6.10 Å². The first-order valence-corrected chi connectivity index (χ1v) is 7.75. The molecule has 110 valence electrons. The fourth-order valence-electron chi connectivity index (χ4n) is 1.98. The predicted molar refractivity (Wildman–Crippen MR) is 72.3 cm³/mol. The molecule has 8 heteroatoms. The average Bonchev–Trinajstić information content (AvgIpc) is 2.41. The highest BCUT2D eigenvalue weighted by atomic mass is 35.5. The fraction of sp³-hybridized carbons (Fsp3) is 0.417. The minimum absolute atomic E-state index is 0.0514. The standard InChI is InChI=1S/C12H14ClNO5S/c1-8-2-3-9(13)6-11(8)20(17,18)14-4-5-19-10(7-14)12(15)16/h2-3,6,10H,4-5,7H2,1H3,(H,15,16). The molecule has 1 unspecified atom stereocenters. The van der Waals surface area contributed by atoms with E-state index in [1.165, 1.54) is 6.07 Å².